The normalized spacial score (nSPS) is 11.5. The Morgan fingerprint density at radius 2 is 1.97 bits per heavy atom. The van der Waals surface area contributed by atoms with Crippen LogP contribution in [0.15, 0.2) is 63.3 Å². The molecular formula is C21H22BrN5OS. The highest BCUT2D eigenvalue weighted by atomic mass is 79.9. The number of thioether (sulfide) groups is 1. The molecule has 1 N–H and O–H groups in total. The van der Waals surface area contributed by atoms with E-state index in [2.05, 4.69) is 55.7 Å². The summed E-state index contributed by atoms with van der Waals surface area (Å²) in [7, 11) is 0. The summed E-state index contributed by atoms with van der Waals surface area (Å²) in [4.78, 5) is 12.2. The zero-order valence-corrected chi connectivity index (χ0v) is 18.9. The molecule has 0 radical (unpaired) electrons. The van der Waals surface area contributed by atoms with Gasteiger partial charge in [-0.3, -0.25) is 4.79 Å². The Morgan fingerprint density at radius 3 is 2.66 bits per heavy atom. The van der Waals surface area contributed by atoms with Gasteiger partial charge in [0.15, 0.2) is 11.0 Å². The van der Waals surface area contributed by atoms with Gasteiger partial charge >= 0.3 is 0 Å². The fourth-order valence-electron chi connectivity index (χ4n) is 2.68. The van der Waals surface area contributed by atoms with Gasteiger partial charge in [0.25, 0.3) is 5.91 Å². The topological polar surface area (TPSA) is 72.2 Å². The Labute approximate surface area is 182 Å². The molecule has 1 heterocycles. The molecule has 0 aliphatic heterocycles. The van der Waals surface area contributed by atoms with E-state index in [0.29, 0.717) is 5.16 Å². The molecule has 3 rings (SSSR count). The minimum atomic E-state index is -0.188. The van der Waals surface area contributed by atoms with Crippen LogP contribution in [0.3, 0.4) is 0 Å². The molecule has 1 aromatic heterocycles. The second-order valence-corrected chi connectivity index (χ2v) is 8.31. The zero-order chi connectivity index (χ0) is 20.8. The standard InChI is InChI=1S/C21H22BrN5OS/c1-4-27-20(16-10-8-14(2)9-11-16)25-26-21(27)29-13-19(28)24-23-15(3)17-6-5-7-18(22)12-17/h5-12H,4,13H2,1-3H3,(H,24,28)/b23-15-. The van der Waals surface area contributed by atoms with E-state index in [-0.39, 0.29) is 11.7 Å². The average molecular weight is 472 g/mol. The van der Waals surface area contributed by atoms with E-state index in [1.165, 1.54) is 17.3 Å². The highest BCUT2D eigenvalue weighted by Crippen LogP contribution is 2.24. The molecule has 150 valence electrons. The Morgan fingerprint density at radius 1 is 1.21 bits per heavy atom. The van der Waals surface area contributed by atoms with Crippen molar-refractivity contribution in [3.63, 3.8) is 0 Å². The van der Waals surface area contributed by atoms with Crippen LogP contribution >= 0.6 is 27.7 Å². The van der Waals surface area contributed by atoms with Gasteiger partial charge in [-0.15, -0.1) is 10.2 Å². The first-order chi connectivity index (χ1) is 14.0. The summed E-state index contributed by atoms with van der Waals surface area (Å²) in [5.74, 6) is 0.826. The van der Waals surface area contributed by atoms with Crippen molar-refractivity contribution >= 4 is 39.3 Å². The molecular weight excluding hydrogens is 450 g/mol. The van der Waals surface area contributed by atoms with Crippen molar-refractivity contribution in [2.24, 2.45) is 5.10 Å². The molecule has 0 aliphatic rings. The van der Waals surface area contributed by atoms with Crippen molar-refractivity contribution in [3.8, 4) is 11.4 Å². The summed E-state index contributed by atoms with van der Waals surface area (Å²) >= 11 is 4.79. The van der Waals surface area contributed by atoms with Crippen LogP contribution in [-0.4, -0.2) is 32.1 Å². The van der Waals surface area contributed by atoms with Gasteiger partial charge in [0.2, 0.25) is 0 Å². The number of benzene rings is 2. The SMILES string of the molecule is CCn1c(SCC(=O)N/N=C(/C)c2cccc(Br)c2)nnc1-c1ccc(C)cc1. The van der Waals surface area contributed by atoms with E-state index in [9.17, 15) is 4.79 Å². The van der Waals surface area contributed by atoms with E-state index in [1.54, 1.807) is 0 Å². The number of hydrogen-bond acceptors (Lipinski definition) is 5. The van der Waals surface area contributed by atoms with Crippen LogP contribution in [0.4, 0.5) is 0 Å². The number of rotatable bonds is 7. The van der Waals surface area contributed by atoms with Crippen molar-refractivity contribution in [3.05, 3.63) is 64.1 Å². The number of aromatic nitrogens is 3. The average Bonchev–Trinajstić information content (AvgIpc) is 3.14. The van der Waals surface area contributed by atoms with Gasteiger partial charge in [-0.05, 0) is 38.5 Å². The fraction of sp³-hybridized carbons (Fsp3) is 0.238. The molecule has 6 nitrogen and oxygen atoms in total. The number of halogens is 1. The van der Waals surface area contributed by atoms with Crippen molar-refractivity contribution in [2.75, 3.05) is 5.75 Å². The summed E-state index contributed by atoms with van der Waals surface area (Å²) in [5.41, 5.74) is 6.50. The van der Waals surface area contributed by atoms with E-state index in [1.807, 2.05) is 54.8 Å². The fourth-order valence-corrected chi connectivity index (χ4v) is 3.88. The van der Waals surface area contributed by atoms with E-state index in [4.69, 9.17) is 0 Å². The Balaban J connectivity index is 1.63. The molecule has 0 atom stereocenters. The highest BCUT2D eigenvalue weighted by Gasteiger charge is 2.14. The summed E-state index contributed by atoms with van der Waals surface area (Å²) in [6, 6.07) is 15.9. The number of carbonyl (C=O) groups excluding carboxylic acids is 1. The third-order valence-corrected chi connectivity index (χ3v) is 5.73. The molecule has 1 amide bonds. The predicted molar refractivity (Wildman–Crippen MR) is 121 cm³/mol. The van der Waals surface area contributed by atoms with Crippen molar-refractivity contribution in [1.82, 2.24) is 20.2 Å². The van der Waals surface area contributed by atoms with Crippen molar-refractivity contribution in [1.29, 1.82) is 0 Å². The number of nitrogens with one attached hydrogen (secondary N) is 1. The van der Waals surface area contributed by atoms with Gasteiger partial charge in [0, 0.05) is 16.6 Å². The van der Waals surface area contributed by atoms with Crippen LogP contribution in [0.2, 0.25) is 0 Å². The maximum atomic E-state index is 12.2. The lowest BCUT2D eigenvalue weighted by Gasteiger charge is -2.07. The Hall–Kier alpha value is -2.45. The molecule has 0 unspecified atom stereocenters. The van der Waals surface area contributed by atoms with Crippen molar-refractivity contribution < 1.29 is 4.79 Å². The molecule has 3 aromatic rings. The summed E-state index contributed by atoms with van der Waals surface area (Å²) < 4.78 is 2.98. The molecule has 2 aromatic carbocycles. The minimum Gasteiger partial charge on any atom is -0.302 e. The lowest BCUT2D eigenvalue weighted by Crippen LogP contribution is -2.21. The van der Waals surface area contributed by atoms with Crippen LogP contribution in [0.5, 0.6) is 0 Å². The molecule has 0 fully saturated rings. The van der Waals surface area contributed by atoms with Gasteiger partial charge < -0.3 is 4.57 Å². The summed E-state index contributed by atoms with van der Waals surface area (Å²) in [6.07, 6.45) is 0. The van der Waals surface area contributed by atoms with E-state index < -0.39 is 0 Å². The van der Waals surface area contributed by atoms with Crippen LogP contribution in [0.25, 0.3) is 11.4 Å². The smallest absolute Gasteiger partial charge is 0.250 e. The number of aryl methyl sites for hydroxylation is 1. The van der Waals surface area contributed by atoms with Crippen LogP contribution < -0.4 is 5.43 Å². The largest absolute Gasteiger partial charge is 0.302 e. The monoisotopic (exact) mass is 471 g/mol. The summed E-state index contributed by atoms with van der Waals surface area (Å²) in [5, 5.41) is 13.5. The van der Waals surface area contributed by atoms with Gasteiger partial charge in [0.05, 0.1) is 11.5 Å². The van der Waals surface area contributed by atoms with Gasteiger partial charge in [-0.2, -0.15) is 5.10 Å². The van der Waals surface area contributed by atoms with E-state index >= 15 is 0 Å². The maximum absolute atomic E-state index is 12.2. The third kappa shape index (κ3) is 5.55. The highest BCUT2D eigenvalue weighted by molar-refractivity contribution is 9.10. The van der Waals surface area contributed by atoms with Gasteiger partial charge in [0.1, 0.15) is 0 Å². The lowest BCUT2D eigenvalue weighted by atomic mass is 10.1. The first kappa shape index (κ1) is 21.3. The third-order valence-electron chi connectivity index (χ3n) is 4.27. The summed E-state index contributed by atoms with van der Waals surface area (Å²) in [6.45, 7) is 6.67. The Kier molecular flexibility index (Phi) is 7.22. The molecule has 0 bridgehead atoms. The molecule has 0 saturated heterocycles. The Bertz CT molecular complexity index is 1030. The maximum Gasteiger partial charge on any atom is 0.250 e. The molecule has 0 aliphatic carbocycles. The van der Waals surface area contributed by atoms with Crippen molar-refractivity contribution in [2.45, 2.75) is 32.5 Å². The second-order valence-electron chi connectivity index (χ2n) is 6.45. The quantitative estimate of drug-likeness (QED) is 0.308. The lowest BCUT2D eigenvalue weighted by molar-refractivity contribution is -0.118. The van der Waals surface area contributed by atoms with Crippen LogP contribution in [0, 0.1) is 6.92 Å². The second kappa shape index (κ2) is 9.84. The number of amides is 1. The number of nitrogens with zero attached hydrogens (tertiary/aromatic N) is 4. The zero-order valence-electron chi connectivity index (χ0n) is 16.5. The number of hydrogen-bond donors (Lipinski definition) is 1. The first-order valence-corrected chi connectivity index (χ1v) is 11.0. The number of hydrazone groups is 1. The number of carbonyl (C=O) groups is 1. The predicted octanol–water partition coefficient (Wildman–Crippen LogP) is 4.67. The molecule has 8 heteroatoms. The van der Waals surface area contributed by atoms with Gasteiger partial charge in [-0.1, -0.05) is 69.7 Å². The van der Waals surface area contributed by atoms with Crippen LogP contribution in [-0.2, 0) is 11.3 Å². The van der Waals surface area contributed by atoms with Crippen LogP contribution in [0.1, 0.15) is 25.0 Å². The van der Waals surface area contributed by atoms with Gasteiger partial charge in [-0.25, -0.2) is 5.43 Å². The molecule has 0 spiro atoms. The molecule has 0 saturated carbocycles. The van der Waals surface area contributed by atoms with E-state index in [0.717, 1.165) is 33.7 Å². The minimum absolute atomic E-state index is 0.188. The molecule has 29 heavy (non-hydrogen) atoms. The first-order valence-electron chi connectivity index (χ1n) is 9.20.